The predicted octanol–water partition coefficient (Wildman–Crippen LogP) is 0.516. The predicted molar refractivity (Wildman–Crippen MR) is 54.5 cm³/mol. The Morgan fingerprint density at radius 1 is 1.43 bits per heavy atom. The highest BCUT2D eigenvalue weighted by molar-refractivity contribution is 4.83. The van der Waals surface area contributed by atoms with Crippen molar-refractivity contribution in [2.75, 3.05) is 0 Å². The number of hydrogen-bond acceptors (Lipinski definition) is 4. The van der Waals surface area contributed by atoms with Gasteiger partial charge in [-0.3, -0.25) is 0 Å². The van der Waals surface area contributed by atoms with E-state index in [1.807, 2.05) is 0 Å². The van der Waals surface area contributed by atoms with Crippen LogP contribution in [0, 0.1) is 5.41 Å². The molecule has 0 aliphatic rings. The van der Waals surface area contributed by atoms with Gasteiger partial charge in [0.05, 0.1) is 7.05 Å². The van der Waals surface area contributed by atoms with Gasteiger partial charge in [-0.2, -0.15) is 4.80 Å². The third-order valence-electron chi connectivity index (χ3n) is 2.34. The molecule has 0 aromatic carbocycles. The Bertz CT molecular complexity index is 286. The average molecular weight is 197 g/mol. The van der Waals surface area contributed by atoms with Crippen molar-refractivity contribution in [3.8, 4) is 0 Å². The molecule has 0 spiro atoms. The van der Waals surface area contributed by atoms with Crippen molar-refractivity contribution in [2.24, 2.45) is 18.2 Å². The summed E-state index contributed by atoms with van der Waals surface area (Å²) in [6.07, 6.45) is 1.70. The lowest BCUT2D eigenvalue weighted by Gasteiger charge is -2.26. The summed E-state index contributed by atoms with van der Waals surface area (Å²) in [6, 6.07) is 0.173. The van der Waals surface area contributed by atoms with Crippen LogP contribution in [-0.4, -0.2) is 26.2 Å². The zero-order chi connectivity index (χ0) is 10.8. The van der Waals surface area contributed by atoms with Crippen molar-refractivity contribution in [1.82, 2.24) is 20.2 Å². The van der Waals surface area contributed by atoms with Gasteiger partial charge in [0.25, 0.3) is 0 Å². The molecule has 1 unspecified atom stereocenters. The highest BCUT2D eigenvalue weighted by Gasteiger charge is 2.20. The summed E-state index contributed by atoms with van der Waals surface area (Å²) >= 11 is 0. The van der Waals surface area contributed by atoms with Crippen molar-refractivity contribution in [2.45, 2.75) is 39.7 Å². The highest BCUT2D eigenvalue weighted by atomic mass is 15.6. The standard InChI is InChI=1S/C9H19N5/c1-9(2,3)7(10)5-6-8-11-13-14(4)12-8/h7H,5-6,10H2,1-4H3. The van der Waals surface area contributed by atoms with E-state index in [-0.39, 0.29) is 11.5 Å². The van der Waals surface area contributed by atoms with E-state index in [4.69, 9.17) is 5.73 Å². The normalized spacial score (nSPS) is 14.4. The Balaban J connectivity index is 2.41. The summed E-state index contributed by atoms with van der Waals surface area (Å²) in [5, 5.41) is 11.8. The molecule has 5 heteroatoms. The van der Waals surface area contributed by atoms with E-state index in [0.717, 1.165) is 18.7 Å². The summed E-state index contributed by atoms with van der Waals surface area (Å²) < 4.78 is 0. The van der Waals surface area contributed by atoms with Crippen LogP contribution in [0.1, 0.15) is 33.0 Å². The van der Waals surface area contributed by atoms with Gasteiger partial charge < -0.3 is 5.73 Å². The number of hydrogen-bond donors (Lipinski definition) is 1. The van der Waals surface area contributed by atoms with Gasteiger partial charge in [0.1, 0.15) is 0 Å². The number of aryl methyl sites for hydroxylation is 2. The maximum Gasteiger partial charge on any atom is 0.174 e. The van der Waals surface area contributed by atoms with Gasteiger partial charge in [0, 0.05) is 12.5 Å². The van der Waals surface area contributed by atoms with Crippen LogP contribution in [0.25, 0.3) is 0 Å². The molecule has 0 amide bonds. The molecule has 0 saturated carbocycles. The first-order valence-electron chi connectivity index (χ1n) is 4.88. The van der Waals surface area contributed by atoms with Gasteiger partial charge in [-0.25, -0.2) is 0 Å². The summed E-state index contributed by atoms with van der Waals surface area (Å²) in [6.45, 7) is 6.42. The molecular weight excluding hydrogens is 178 g/mol. The second-order valence-corrected chi connectivity index (χ2v) is 4.71. The number of nitrogens with two attached hydrogens (primary N) is 1. The van der Waals surface area contributed by atoms with Crippen molar-refractivity contribution >= 4 is 0 Å². The van der Waals surface area contributed by atoms with Gasteiger partial charge in [0.15, 0.2) is 5.82 Å². The smallest absolute Gasteiger partial charge is 0.174 e. The van der Waals surface area contributed by atoms with E-state index in [1.54, 1.807) is 7.05 Å². The van der Waals surface area contributed by atoms with Gasteiger partial charge in [0.2, 0.25) is 0 Å². The first-order chi connectivity index (χ1) is 6.39. The third kappa shape index (κ3) is 3.06. The fourth-order valence-corrected chi connectivity index (χ4v) is 1.14. The second-order valence-electron chi connectivity index (χ2n) is 4.71. The molecule has 1 atom stereocenters. The van der Waals surface area contributed by atoms with Gasteiger partial charge in [-0.05, 0) is 17.0 Å². The lowest BCUT2D eigenvalue weighted by atomic mass is 9.85. The molecule has 1 aromatic rings. The average Bonchev–Trinajstić information content (AvgIpc) is 2.45. The first kappa shape index (κ1) is 11.1. The van der Waals surface area contributed by atoms with Crippen LogP contribution in [-0.2, 0) is 13.5 Å². The van der Waals surface area contributed by atoms with Crippen molar-refractivity contribution < 1.29 is 0 Å². The zero-order valence-corrected chi connectivity index (χ0v) is 9.36. The fraction of sp³-hybridized carbons (Fsp3) is 0.889. The summed E-state index contributed by atoms with van der Waals surface area (Å²) in [7, 11) is 1.76. The lowest BCUT2D eigenvalue weighted by Crippen LogP contribution is -2.35. The van der Waals surface area contributed by atoms with Crippen LogP contribution in [0.5, 0.6) is 0 Å². The fourth-order valence-electron chi connectivity index (χ4n) is 1.14. The van der Waals surface area contributed by atoms with Crippen LogP contribution < -0.4 is 5.73 Å². The molecule has 0 bridgehead atoms. The minimum Gasteiger partial charge on any atom is -0.327 e. The number of nitrogens with zero attached hydrogens (tertiary/aromatic N) is 4. The number of aromatic nitrogens is 4. The lowest BCUT2D eigenvalue weighted by molar-refractivity contribution is 0.304. The van der Waals surface area contributed by atoms with E-state index < -0.39 is 0 Å². The molecule has 5 nitrogen and oxygen atoms in total. The van der Waals surface area contributed by atoms with Crippen LogP contribution in [0.2, 0.25) is 0 Å². The van der Waals surface area contributed by atoms with E-state index >= 15 is 0 Å². The molecule has 0 radical (unpaired) electrons. The molecule has 2 N–H and O–H groups in total. The maximum atomic E-state index is 6.02. The topological polar surface area (TPSA) is 69.6 Å². The van der Waals surface area contributed by atoms with Crippen LogP contribution in [0.4, 0.5) is 0 Å². The molecule has 1 rings (SSSR count). The van der Waals surface area contributed by atoms with Crippen molar-refractivity contribution in [3.05, 3.63) is 5.82 Å². The van der Waals surface area contributed by atoms with Crippen LogP contribution >= 0.6 is 0 Å². The molecule has 14 heavy (non-hydrogen) atoms. The van der Waals surface area contributed by atoms with E-state index in [2.05, 4.69) is 36.2 Å². The largest absolute Gasteiger partial charge is 0.327 e. The van der Waals surface area contributed by atoms with Crippen molar-refractivity contribution in [1.29, 1.82) is 0 Å². The minimum atomic E-state index is 0.141. The minimum absolute atomic E-state index is 0.141. The quantitative estimate of drug-likeness (QED) is 0.766. The zero-order valence-electron chi connectivity index (χ0n) is 9.36. The van der Waals surface area contributed by atoms with Gasteiger partial charge >= 0.3 is 0 Å². The Morgan fingerprint density at radius 2 is 2.07 bits per heavy atom. The molecule has 80 valence electrons. The highest BCUT2D eigenvalue weighted by Crippen LogP contribution is 2.20. The maximum absolute atomic E-state index is 6.02. The summed E-state index contributed by atoms with van der Waals surface area (Å²) in [5.74, 6) is 0.771. The van der Waals surface area contributed by atoms with Gasteiger partial charge in [-0.15, -0.1) is 10.2 Å². The third-order valence-corrected chi connectivity index (χ3v) is 2.34. The summed E-state index contributed by atoms with van der Waals surface area (Å²) in [4.78, 5) is 1.47. The van der Waals surface area contributed by atoms with E-state index in [1.165, 1.54) is 4.80 Å². The Labute approximate surface area is 84.7 Å². The van der Waals surface area contributed by atoms with Gasteiger partial charge in [-0.1, -0.05) is 20.8 Å². The second kappa shape index (κ2) is 4.04. The molecule has 1 heterocycles. The first-order valence-corrected chi connectivity index (χ1v) is 4.88. The Kier molecular flexibility index (Phi) is 3.21. The number of tetrazole rings is 1. The number of rotatable bonds is 3. The molecular formula is C9H19N5. The molecule has 0 fully saturated rings. The monoisotopic (exact) mass is 197 g/mol. The molecule has 0 aliphatic carbocycles. The Morgan fingerprint density at radius 3 is 2.50 bits per heavy atom. The van der Waals surface area contributed by atoms with E-state index in [0.29, 0.717) is 0 Å². The summed E-state index contributed by atoms with van der Waals surface area (Å²) in [5.41, 5.74) is 6.16. The molecule has 0 saturated heterocycles. The van der Waals surface area contributed by atoms with Crippen LogP contribution in [0.15, 0.2) is 0 Å². The van der Waals surface area contributed by atoms with Crippen LogP contribution in [0.3, 0.4) is 0 Å². The SMILES string of the molecule is Cn1nnc(CCC(N)C(C)(C)C)n1. The molecule has 0 aliphatic heterocycles. The molecule has 1 aromatic heterocycles. The Hall–Kier alpha value is -0.970. The van der Waals surface area contributed by atoms with E-state index in [9.17, 15) is 0 Å². The van der Waals surface area contributed by atoms with Crippen molar-refractivity contribution in [3.63, 3.8) is 0 Å².